The molecule has 0 amide bonds. The van der Waals surface area contributed by atoms with Gasteiger partial charge in [-0.1, -0.05) is 29.8 Å². The van der Waals surface area contributed by atoms with Gasteiger partial charge in [-0.3, -0.25) is 4.90 Å². The van der Waals surface area contributed by atoms with E-state index in [2.05, 4.69) is 47.1 Å². The molecule has 1 heterocycles. The number of rotatable bonds is 2. The molecule has 0 aromatic heterocycles. The van der Waals surface area contributed by atoms with Crippen molar-refractivity contribution in [3.05, 3.63) is 59.2 Å². The predicted octanol–water partition coefficient (Wildman–Crippen LogP) is 2.23. The molecule has 0 bridgehead atoms. The minimum absolute atomic E-state index is 0.178. The van der Waals surface area contributed by atoms with Crippen molar-refractivity contribution in [3.8, 4) is 0 Å². The Kier molecular flexibility index (Phi) is 4.40. The zero-order chi connectivity index (χ0) is 17.4. The van der Waals surface area contributed by atoms with E-state index in [-0.39, 0.29) is 12.1 Å². The number of hydrogen-bond donors (Lipinski definition) is 2. The van der Waals surface area contributed by atoms with Crippen molar-refractivity contribution in [2.24, 2.45) is 0 Å². The highest BCUT2D eigenvalue weighted by Crippen LogP contribution is 2.30. The van der Waals surface area contributed by atoms with E-state index >= 15 is 0 Å². The van der Waals surface area contributed by atoms with Crippen molar-refractivity contribution < 1.29 is 5.11 Å². The van der Waals surface area contributed by atoms with Crippen LogP contribution >= 0.6 is 0 Å². The summed E-state index contributed by atoms with van der Waals surface area (Å²) in [5.41, 5.74) is 12.1. The van der Waals surface area contributed by atoms with Gasteiger partial charge in [0.1, 0.15) is 0 Å². The molecule has 2 aliphatic rings. The molecule has 2 atom stereocenters. The zero-order valence-electron chi connectivity index (χ0n) is 14.9. The van der Waals surface area contributed by atoms with Crippen LogP contribution in [0, 0.1) is 6.92 Å². The Labute approximate surface area is 149 Å². The van der Waals surface area contributed by atoms with E-state index in [0.717, 1.165) is 38.3 Å². The van der Waals surface area contributed by atoms with Gasteiger partial charge in [-0.25, -0.2) is 0 Å². The fraction of sp³-hybridized carbons (Fsp3) is 0.429. The maximum Gasteiger partial charge on any atom is 0.0739 e. The minimum atomic E-state index is -0.305. The van der Waals surface area contributed by atoms with Crippen LogP contribution in [0.2, 0.25) is 0 Å². The highest BCUT2D eigenvalue weighted by atomic mass is 16.3. The van der Waals surface area contributed by atoms with Gasteiger partial charge >= 0.3 is 0 Å². The normalized spacial score (nSPS) is 24.2. The number of aryl methyl sites for hydroxylation is 1. The summed E-state index contributed by atoms with van der Waals surface area (Å²) in [6.07, 6.45) is 1.26. The van der Waals surface area contributed by atoms with Crippen LogP contribution in [0.3, 0.4) is 0 Å². The second kappa shape index (κ2) is 6.70. The van der Waals surface area contributed by atoms with Crippen LogP contribution in [0.5, 0.6) is 0 Å². The van der Waals surface area contributed by atoms with Crippen LogP contribution in [0.25, 0.3) is 0 Å². The molecular weight excluding hydrogens is 310 g/mol. The molecule has 3 N–H and O–H groups in total. The topological polar surface area (TPSA) is 52.7 Å². The van der Waals surface area contributed by atoms with Crippen molar-refractivity contribution in [2.75, 3.05) is 36.8 Å². The molecule has 2 aromatic carbocycles. The molecule has 132 valence electrons. The van der Waals surface area contributed by atoms with E-state index in [9.17, 15) is 5.11 Å². The van der Waals surface area contributed by atoms with E-state index in [1.165, 1.54) is 22.4 Å². The Hall–Kier alpha value is -2.04. The van der Waals surface area contributed by atoms with Crippen LogP contribution in [-0.4, -0.2) is 48.3 Å². The lowest BCUT2D eigenvalue weighted by Gasteiger charge is -2.43. The van der Waals surface area contributed by atoms with E-state index in [1.807, 2.05) is 12.1 Å². The number of anilines is 2. The van der Waals surface area contributed by atoms with Crippen molar-refractivity contribution in [2.45, 2.75) is 31.9 Å². The van der Waals surface area contributed by atoms with Crippen LogP contribution in [0.15, 0.2) is 42.5 Å². The lowest BCUT2D eigenvalue weighted by atomic mass is 9.84. The summed E-state index contributed by atoms with van der Waals surface area (Å²) < 4.78 is 0. The second-order valence-corrected chi connectivity index (χ2v) is 7.39. The van der Waals surface area contributed by atoms with E-state index in [0.29, 0.717) is 6.42 Å². The summed E-state index contributed by atoms with van der Waals surface area (Å²) in [6.45, 7) is 6.10. The van der Waals surface area contributed by atoms with Crippen molar-refractivity contribution in [1.82, 2.24) is 4.90 Å². The van der Waals surface area contributed by atoms with Crippen LogP contribution < -0.4 is 10.6 Å². The zero-order valence-corrected chi connectivity index (χ0v) is 14.9. The largest absolute Gasteiger partial charge is 0.398 e. The fourth-order valence-electron chi connectivity index (χ4n) is 4.24. The number of nitrogen functional groups attached to an aromatic ring is 1. The molecule has 1 aliphatic heterocycles. The summed E-state index contributed by atoms with van der Waals surface area (Å²) in [5.74, 6) is 0. The molecule has 1 fully saturated rings. The second-order valence-electron chi connectivity index (χ2n) is 7.39. The number of hydrogen-bond acceptors (Lipinski definition) is 4. The molecule has 25 heavy (non-hydrogen) atoms. The van der Waals surface area contributed by atoms with Gasteiger partial charge in [-0.05, 0) is 42.7 Å². The quantitative estimate of drug-likeness (QED) is 0.825. The first-order chi connectivity index (χ1) is 12.1. The van der Waals surface area contributed by atoms with Crippen LogP contribution in [0.1, 0.15) is 16.7 Å². The highest BCUT2D eigenvalue weighted by molar-refractivity contribution is 5.53. The minimum Gasteiger partial charge on any atom is -0.398 e. The Bertz CT molecular complexity index is 735. The molecule has 4 heteroatoms. The molecular formula is C21H27N3O. The Morgan fingerprint density at radius 2 is 1.68 bits per heavy atom. The van der Waals surface area contributed by atoms with Gasteiger partial charge in [-0.15, -0.1) is 0 Å². The Balaban J connectivity index is 1.44. The summed E-state index contributed by atoms with van der Waals surface area (Å²) in [6, 6.07) is 15.0. The molecule has 1 saturated heterocycles. The number of piperazine rings is 1. The Morgan fingerprint density at radius 1 is 0.960 bits per heavy atom. The molecule has 0 saturated carbocycles. The number of aliphatic hydroxyl groups excluding tert-OH is 1. The maximum atomic E-state index is 10.7. The third-order valence-corrected chi connectivity index (χ3v) is 5.78. The van der Waals surface area contributed by atoms with Gasteiger partial charge in [0, 0.05) is 50.0 Å². The maximum absolute atomic E-state index is 10.7. The fourth-order valence-corrected chi connectivity index (χ4v) is 4.24. The molecule has 4 rings (SSSR count). The van der Waals surface area contributed by atoms with E-state index < -0.39 is 0 Å². The summed E-state index contributed by atoms with van der Waals surface area (Å²) >= 11 is 0. The third kappa shape index (κ3) is 3.24. The molecule has 0 spiro atoms. The summed E-state index contributed by atoms with van der Waals surface area (Å²) in [4.78, 5) is 4.89. The first kappa shape index (κ1) is 16.4. The summed E-state index contributed by atoms with van der Waals surface area (Å²) in [5, 5.41) is 10.7. The lowest BCUT2D eigenvalue weighted by molar-refractivity contribution is 0.0397. The predicted molar refractivity (Wildman–Crippen MR) is 103 cm³/mol. The molecule has 4 nitrogen and oxygen atoms in total. The van der Waals surface area contributed by atoms with Crippen LogP contribution in [-0.2, 0) is 12.8 Å². The molecule has 2 unspecified atom stereocenters. The average molecular weight is 337 g/mol. The first-order valence-corrected chi connectivity index (χ1v) is 9.22. The van der Waals surface area contributed by atoms with Crippen LogP contribution in [0.4, 0.5) is 11.4 Å². The van der Waals surface area contributed by atoms with Gasteiger partial charge < -0.3 is 15.7 Å². The number of benzene rings is 2. The van der Waals surface area contributed by atoms with Crippen molar-refractivity contribution in [3.63, 3.8) is 0 Å². The molecule has 2 aromatic rings. The van der Waals surface area contributed by atoms with Crippen molar-refractivity contribution in [1.29, 1.82) is 0 Å². The number of fused-ring (bicyclic) bond motifs is 1. The summed E-state index contributed by atoms with van der Waals surface area (Å²) in [7, 11) is 0. The smallest absolute Gasteiger partial charge is 0.0739 e. The standard InChI is InChI=1S/C21H27N3O/c1-15-5-7-17(8-6-15)23-9-11-24(12-10-23)20-14-18-16(13-21(20)25)3-2-4-19(18)22/h2-8,20-21,25H,9-14,22H2,1H3. The monoisotopic (exact) mass is 337 g/mol. The average Bonchev–Trinajstić information content (AvgIpc) is 2.62. The SMILES string of the molecule is Cc1ccc(N2CCN(C3Cc4c(N)cccc4CC3O)CC2)cc1. The molecule has 1 aliphatic carbocycles. The van der Waals surface area contributed by atoms with Gasteiger partial charge in [0.05, 0.1) is 6.10 Å². The molecule has 0 radical (unpaired) electrons. The van der Waals surface area contributed by atoms with E-state index in [4.69, 9.17) is 5.73 Å². The lowest BCUT2D eigenvalue weighted by Crippen LogP contribution is -2.56. The number of aliphatic hydroxyl groups is 1. The third-order valence-electron chi connectivity index (χ3n) is 5.78. The van der Waals surface area contributed by atoms with Gasteiger partial charge in [0.15, 0.2) is 0 Å². The number of nitrogens with zero attached hydrogens (tertiary/aromatic N) is 2. The van der Waals surface area contributed by atoms with Gasteiger partial charge in [0.25, 0.3) is 0 Å². The Morgan fingerprint density at radius 3 is 2.40 bits per heavy atom. The van der Waals surface area contributed by atoms with Crippen molar-refractivity contribution >= 4 is 11.4 Å². The number of nitrogens with two attached hydrogens (primary N) is 1. The van der Waals surface area contributed by atoms with Gasteiger partial charge in [-0.2, -0.15) is 0 Å². The first-order valence-electron chi connectivity index (χ1n) is 9.22. The van der Waals surface area contributed by atoms with E-state index in [1.54, 1.807) is 0 Å². The highest BCUT2D eigenvalue weighted by Gasteiger charge is 2.34. The van der Waals surface area contributed by atoms with Gasteiger partial charge in [0.2, 0.25) is 0 Å².